The molecule has 1 amide bonds. The zero-order valence-electron chi connectivity index (χ0n) is 10.8. The van der Waals surface area contributed by atoms with Gasteiger partial charge in [-0.05, 0) is 37.8 Å². The maximum atomic E-state index is 12.5. The van der Waals surface area contributed by atoms with Gasteiger partial charge in [0.2, 0.25) is 0 Å². The number of hydrogen-bond acceptors (Lipinski definition) is 2. The molecule has 0 aromatic heterocycles. The molecule has 104 valence electrons. The van der Waals surface area contributed by atoms with Gasteiger partial charge < -0.3 is 10.0 Å². The molecule has 1 heterocycles. The van der Waals surface area contributed by atoms with Crippen LogP contribution in [0, 0.1) is 5.92 Å². The van der Waals surface area contributed by atoms with Gasteiger partial charge in [0.1, 0.15) is 0 Å². The number of piperidine rings is 1. The van der Waals surface area contributed by atoms with Crippen molar-refractivity contribution in [2.45, 2.75) is 25.8 Å². The Bertz CT molecular complexity index is 479. The fourth-order valence-corrected chi connectivity index (χ4v) is 2.82. The normalized spacial score (nSPS) is 23.5. The number of carbonyl (C=O) groups excluding carboxylic acids is 1. The Morgan fingerprint density at radius 1 is 1.42 bits per heavy atom. The topological polar surface area (TPSA) is 40.5 Å². The number of likely N-dealkylation sites (tertiary alicyclic amines) is 1. The van der Waals surface area contributed by atoms with E-state index >= 15 is 0 Å². The van der Waals surface area contributed by atoms with E-state index in [0.29, 0.717) is 22.2 Å². The van der Waals surface area contributed by atoms with Crippen LogP contribution in [-0.2, 0) is 0 Å². The van der Waals surface area contributed by atoms with Crippen LogP contribution in [0.5, 0.6) is 0 Å². The summed E-state index contributed by atoms with van der Waals surface area (Å²) in [4.78, 5) is 14.3. The van der Waals surface area contributed by atoms with Crippen molar-refractivity contribution in [3.63, 3.8) is 0 Å². The quantitative estimate of drug-likeness (QED) is 0.911. The van der Waals surface area contributed by atoms with Gasteiger partial charge in [-0.1, -0.05) is 29.3 Å². The van der Waals surface area contributed by atoms with Gasteiger partial charge in [0.05, 0.1) is 15.6 Å². The molecule has 1 aliphatic heterocycles. The largest absolute Gasteiger partial charge is 0.396 e. The van der Waals surface area contributed by atoms with Gasteiger partial charge in [0.15, 0.2) is 0 Å². The van der Waals surface area contributed by atoms with Crippen LogP contribution in [0.3, 0.4) is 0 Å². The zero-order chi connectivity index (χ0) is 14.0. The Labute approximate surface area is 123 Å². The molecule has 2 rings (SSSR count). The highest BCUT2D eigenvalue weighted by atomic mass is 35.5. The van der Waals surface area contributed by atoms with Crippen LogP contribution in [0.15, 0.2) is 18.2 Å². The van der Waals surface area contributed by atoms with Crippen LogP contribution >= 0.6 is 23.2 Å². The van der Waals surface area contributed by atoms with Crippen molar-refractivity contribution in [1.82, 2.24) is 4.90 Å². The molecule has 0 spiro atoms. The maximum Gasteiger partial charge on any atom is 0.255 e. The summed E-state index contributed by atoms with van der Waals surface area (Å²) in [7, 11) is 0. The minimum atomic E-state index is -0.113. The SMILES string of the molecule is CC1CCC(CO)CN1C(=O)c1cccc(Cl)c1Cl. The van der Waals surface area contributed by atoms with Gasteiger partial charge in [-0.25, -0.2) is 0 Å². The summed E-state index contributed by atoms with van der Waals surface area (Å²) in [6, 6.07) is 5.23. The predicted octanol–water partition coefficient (Wildman–Crippen LogP) is 3.23. The maximum absolute atomic E-state index is 12.5. The van der Waals surface area contributed by atoms with Gasteiger partial charge in [-0.15, -0.1) is 0 Å². The first-order valence-electron chi connectivity index (χ1n) is 6.40. The van der Waals surface area contributed by atoms with Crippen molar-refractivity contribution in [3.8, 4) is 0 Å². The zero-order valence-corrected chi connectivity index (χ0v) is 12.3. The Morgan fingerprint density at radius 3 is 2.84 bits per heavy atom. The standard InChI is InChI=1S/C14H17Cl2NO2/c1-9-5-6-10(8-18)7-17(9)14(19)11-3-2-4-12(15)13(11)16/h2-4,9-10,18H,5-8H2,1H3. The second-order valence-corrected chi connectivity index (χ2v) is 5.82. The number of carbonyl (C=O) groups is 1. The summed E-state index contributed by atoms with van der Waals surface area (Å²) in [5.41, 5.74) is 0.430. The number of halogens is 2. The van der Waals surface area contributed by atoms with E-state index in [2.05, 4.69) is 0 Å². The van der Waals surface area contributed by atoms with Crippen molar-refractivity contribution >= 4 is 29.1 Å². The minimum absolute atomic E-state index is 0.111. The number of aliphatic hydroxyl groups excluding tert-OH is 1. The fourth-order valence-electron chi connectivity index (χ4n) is 2.44. The molecule has 19 heavy (non-hydrogen) atoms. The summed E-state index contributed by atoms with van der Waals surface area (Å²) in [5.74, 6) is 0.0382. The molecule has 5 heteroatoms. The first-order valence-corrected chi connectivity index (χ1v) is 7.16. The van der Waals surface area contributed by atoms with E-state index in [1.54, 1.807) is 23.1 Å². The Kier molecular flexibility index (Phi) is 4.71. The molecule has 0 bridgehead atoms. The third-order valence-electron chi connectivity index (χ3n) is 3.68. The number of amides is 1. The molecule has 0 aliphatic carbocycles. The van der Waals surface area contributed by atoms with Gasteiger partial charge in [-0.2, -0.15) is 0 Å². The average molecular weight is 302 g/mol. The molecule has 1 aliphatic rings. The Morgan fingerprint density at radius 2 is 2.16 bits per heavy atom. The average Bonchev–Trinajstić information content (AvgIpc) is 2.42. The van der Waals surface area contributed by atoms with Crippen molar-refractivity contribution in [2.75, 3.05) is 13.2 Å². The van der Waals surface area contributed by atoms with E-state index in [0.717, 1.165) is 12.8 Å². The van der Waals surface area contributed by atoms with Crippen LogP contribution < -0.4 is 0 Å². The summed E-state index contributed by atoms with van der Waals surface area (Å²) in [5, 5.41) is 9.94. The second kappa shape index (κ2) is 6.12. The highest BCUT2D eigenvalue weighted by Gasteiger charge is 2.30. The number of rotatable bonds is 2. The van der Waals surface area contributed by atoms with E-state index in [1.807, 2.05) is 6.92 Å². The van der Waals surface area contributed by atoms with E-state index < -0.39 is 0 Å². The molecule has 0 saturated carbocycles. The lowest BCUT2D eigenvalue weighted by Crippen LogP contribution is -2.46. The van der Waals surface area contributed by atoms with Crippen LogP contribution in [0.25, 0.3) is 0 Å². The van der Waals surface area contributed by atoms with Crippen molar-refractivity contribution in [1.29, 1.82) is 0 Å². The van der Waals surface area contributed by atoms with E-state index in [-0.39, 0.29) is 24.5 Å². The Balaban J connectivity index is 2.24. The van der Waals surface area contributed by atoms with E-state index in [1.165, 1.54) is 0 Å². The number of nitrogens with zero attached hydrogens (tertiary/aromatic N) is 1. The van der Waals surface area contributed by atoms with Crippen molar-refractivity contribution in [3.05, 3.63) is 33.8 Å². The molecule has 0 radical (unpaired) electrons. The molecule has 2 atom stereocenters. The van der Waals surface area contributed by atoms with E-state index in [9.17, 15) is 9.90 Å². The number of aliphatic hydroxyl groups is 1. The highest BCUT2D eigenvalue weighted by molar-refractivity contribution is 6.43. The molecular formula is C14H17Cl2NO2. The number of hydrogen-bond donors (Lipinski definition) is 1. The van der Waals surface area contributed by atoms with Gasteiger partial charge >= 0.3 is 0 Å². The summed E-state index contributed by atoms with van der Waals surface area (Å²) >= 11 is 12.0. The first kappa shape index (κ1) is 14.6. The minimum Gasteiger partial charge on any atom is -0.396 e. The molecule has 2 unspecified atom stereocenters. The molecule has 1 N–H and O–H groups in total. The van der Waals surface area contributed by atoms with Crippen LogP contribution in [-0.4, -0.2) is 35.1 Å². The van der Waals surface area contributed by atoms with Crippen molar-refractivity contribution in [2.24, 2.45) is 5.92 Å². The molecule has 1 aromatic rings. The fraction of sp³-hybridized carbons (Fsp3) is 0.500. The molecule has 1 saturated heterocycles. The van der Waals surface area contributed by atoms with Crippen molar-refractivity contribution < 1.29 is 9.90 Å². The summed E-state index contributed by atoms with van der Waals surface area (Å²) in [6.45, 7) is 2.70. The second-order valence-electron chi connectivity index (χ2n) is 5.03. The smallest absolute Gasteiger partial charge is 0.255 e. The van der Waals surface area contributed by atoms with Crippen LogP contribution in [0.1, 0.15) is 30.1 Å². The third kappa shape index (κ3) is 3.04. The van der Waals surface area contributed by atoms with Gasteiger partial charge in [-0.3, -0.25) is 4.79 Å². The lowest BCUT2D eigenvalue weighted by atomic mass is 9.93. The molecule has 1 fully saturated rings. The lowest BCUT2D eigenvalue weighted by Gasteiger charge is -2.37. The summed E-state index contributed by atoms with van der Waals surface area (Å²) in [6.07, 6.45) is 1.85. The summed E-state index contributed by atoms with van der Waals surface area (Å²) < 4.78 is 0. The lowest BCUT2D eigenvalue weighted by molar-refractivity contribution is 0.0489. The van der Waals surface area contributed by atoms with Crippen LogP contribution in [0.2, 0.25) is 10.0 Å². The highest BCUT2D eigenvalue weighted by Crippen LogP contribution is 2.29. The van der Waals surface area contributed by atoms with Crippen LogP contribution in [0.4, 0.5) is 0 Å². The third-order valence-corrected chi connectivity index (χ3v) is 4.50. The molecule has 1 aromatic carbocycles. The molecule has 3 nitrogen and oxygen atoms in total. The monoisotopic (exact) mass is 301 g/mol. The van der Waals surface area contributed by atoms with Gasteiger partial charge in [0.25, 0.3) is 5.91 Å². The van der Waals surface area contributed by atoms with E-state index in [4.69, 9.17) is 23.2 Å². The van der Waals surface area contributed by atoms with Gasteiger partial charge in [0, 0.05) is 19.2 Å². The predicted molar refractivity (Wildman–Crippen MR) is 76.8 cm³/mol. The first-order chi connectivity index (χ1) is 9.04. The Hall–Kier alpha value is -0.770. The number of benzene rings is 1. The molecular weight excluding hydrogens is 285 g/mol.